The average molecular weight is 500 g/mol. The van der Waals surface area contributed by atoms with E-state index >= 15 is 0 Å². The maximum absolute atomic E-state index is 14.5. The molecule has 0 fully saturated rings. The van der Waals surface area contributed by atoms with Gasteiger partial charge >= 0.3 is 0 Å². The summed E-state index contributed by atoms with van der Waals surface area (Å²) in [5, 5.41) is 3.40. The number of rotatable bonds is 4. The van der Waals surface area contributed by atoms with Gasteiger partial charge < -0.3 is 5.32 Å². The summed E-state index contributed by atoms with van der Waals surface area (Å²) < 4.78 is 16.9. The Morgan fingerprint density at radius 3 is 2.33 bits per heavy atom. The van der Waals surface area contributed by atoms with Gasteiger partial charge in [0.1, 0.15) is 5.82 Å². The van der Waals surface area contributed by atoms with Crippen molar-refractivity contribution in [2.75, 3.05) is 6.54 Å². The molecule has 1 nitrogen and oxygen atoms in total. The van der Waals surface area contributed by atoms with Crippen LogP contribution in [-0.2, 0) is 0 Å². The Hall–Kier alpha value is 0.0600. The molecule has 0 amide bonds. The quantitative estimate of drug-likeness (QED) is 0.475. The maximum Gasteiger partial charge on any atom is 0.148 e. The second kappa shape index (κ2) is 7.55. The van der Waals surface area contributed by atoms with Crippen molar-refractivity contribution in [3.63, 3.8) is 0 Å². The van der Waals surface area contributed by atoms with E-state index in [1.807, 2.05) is 25.1 Å². The molecule has 0 bridgehead atoms. The van der Waals surface area contributed by atoms with Crippen molar-refractivity contribution in [1.82, 2.24) is 5.32 Å². The van der Waals surface area contributed by atoms with E-state index in [-0.39, 0.29) is 11.1 Å². The first-order chi connectivity index (χ1) is 9.93. The van der Waals surface area contributed by atoms with Crippen LogP contribution in [0.15, 0.2) is 43.7 Å². The summed E-state index contributed by atoms with van der Waals surface area (Å²) in [5.41, 5.74) is 1.48. The minimum atomic E-state index is -0.409. The van der Waals surface area contributed by atoms with Crippen molar-refractivity contribution in [2.45, 2.75) is 13.0 Å². The van der Waals surface area contributed by atoms with Gasteiger partial charge in [-0.15, -0.1) is 0 Å². The summed E-state index contributed by atoms with van der Waals surface area (Å²) in [6.45, 7) is 2.69. The largest absolute Gasteiger partial charge is 0.306 e. The highest BCUT2D eigenvalue weighted by atomic mass is 79.9. The van der Waals surface area contributed by atoms with E-state index in [9.17, 15) is 4.39 Å². The van der Waals surface area contributed by atoms with Gasteiger partial charge in [-0.05, 0) is 52.3 Å². The number of hydrogen-bond acceptors (Lipinski definition) is 1. The SMILES string of the molecule is CCNC(c1cc(Br)cc(Br)c1)c1ccc(Br)c(Cl)c1F. The van der Waals surface area contributed by atoms with E-state index in [1.54, 1.807) is 12.1 Å². The second-order valence-electron chi connectivity index (χ2n) is 4.46. The van der Waals surface area contributed by atoms with Crippen LogP contribution in [0, 0.1) is 5.82 Å². The highest BCUT2D eigenvalue weighted by Crippen LogP contribution is 2.34. The third-order valence-corrected chi connectivity index (χ3v) is 5.18. The molecule has 0 heterocycles. The van der Waals surface area contributed by atoms with Crippen molar-refractivity contribution in [3.05, 3.63) is 65.7 Å². The molecule has 0 saturated carbocycles. The van der Waals surface area contributed by atoms with Gasteiger partial charge in [0, 0.05) is 19.0 Å². The summed E-state index contributed by atoms with van der Waals surface area (Å²) in [7, 11) is 0. The summed E-state index contributed by atoms with van der Waals surface area (Å²) >= 11 is 16.2. The Bertz CT molecular complexity index is 643. The van der Waals surface area contributed by atoms with E-state index in [0.29, 0.717) is 16.6 Å². The molecule has 0 aliphatic carbocycles. The van der Waals surface area contributed by atoms with Gasteiger partial charge in [-0.1, -0.05) is 56.5 Å². The molecule has 0 radical (unpaired) electrons. The maximum atomic E-state index is 14.5. The van der Waals surface area contributed by atoms with E-state index in [0.717, 1.165) is 14.5 Å². The predicted molar refractivity (Wildman–Crippen MR) is 96.5 cm³/mol. The Kier molecular flexibility index (Phi) is 6.26. The molecule has 0 saturated heterocycles. The van der Waals surface area contributed by atoms with Crippen LogP contribution in [0.25, 0.3) is 0 Å². The minimum absolute atomic E-state index is 0.101. The van der Waals surface area contributed by atoms with Gasteiger partial charge in [0.05, 0.1) is 11.1 Å². The van der Waals surface area contributed by atoms with Crippen LogP contribution >= 0.6 is 59.4 Å². The Morgan fingerprint density at radius 1 is 1.14 bits per heavy atom. The minimum Gasteiger partial charge on any atom is -0.306 e. The number of halogens is 5. The Morgan fingerprint density at radius 2 is 1.76 bits per heavy atom. The first-order valence-electron chi connectivity index (χ1n) is 6.26. The second-order valence-corrected chi connectivity index (χ2v) is 7.52. The van der Waals surface area contributed by atoms with Crippen LogP contribution < -0.4 is 5.32 Å². The molecule has 21 heavy (non-hydrogen) atoms. The summed E-state index contributed by atoms with van der Waals surface area (Å²) in [6.07, 6.45) is 0. The predicted octanol–water partition coefficient (Wildman–Crippen LogP) is 6.47. The lowest BCUT2D eigenvalue weighted by atomic mass is 9.98. The lowest BCUT2D eigenvalue weighted by molar-refractivity contribution is 0.558. The normalized spacial score (nSPS) is 12.5. The zero-order valence-electron chi connectivity index (χ0n) is 11.1. The standard InChI is InChI=1S/C15H12Br3ClFN/c1-2-21-15(8-5-9(16)7-10(17)6-8)11-3-4-12(18)13(19)14(11)20/h3-7,15,21H,2H2,1H3. The first-order valence-corrected chi connectivity index (χ1v) is 9.02. The molecular formula is C15H12Br3ClFN. The monoisotopic (exact) mass is 497 g/mol. The first kappa shape index (κ1) is 17.4. The van der Waals surface area contributed by atoms with E-state index in [4.69, 9.17) is 11.6 Å². The molecule has 1 unspecified atom stereocenters. The van der Waals surface area contributed by atoms with Gasteiger partial charge in [0.2, 0.25) is 0 Å². The molecule has 2 aromatic carbocycles. The number of benzene rings is 2. The van der Waals surface area contributed by atoms with Gasteiger partial charge in [-0.25, -0.2) is 4.39 Å². The van der Waals surface area contributed by atoms with Gasteiger partial charge in [-0.2, -0.15) is 0 Å². The van der Waals surface area contributed by atoms with Crippen molar-refractivity contribution in [2.24, 2.45) is 0 Å². The van der Waals surface area contributed by atoms with Crippen molar-refractivity contribution in [1.29, 1.82) is 0 Å². The lowest BCUT2D eigenvalue weighted by Gasteiger charge is -2.21. The average Bonchev–Trinajstić information content (AvgIpc) is 2.42. The smallest absolute Gasteiger partial charge is 0.148 e. The fraction of sp³-hybridized carbons (Fsp3) is 0.200. The van der Waals surface area contributed by atoms with Gasteiger partial charge in [0.25, 0.3) is 0 Å². The molecule has 2 aromatic rings. The van der Waals surface area contributed by atoms with E-state index < -0.39 is 5.82 Å². The van der Waals surface area contributed by atoms with E-state index in [1.165, 1.54) is 0 Å². The topological polar surface area (TPSA) is 12.0 Å². The molecule has 0 aromatic heterocycles. The van der Waals surface area contributed by atoms with Gasteiger partial charge in [0.15, 0.2) is 0 Å². The third-order valence-electron chi connectivity index (χ3n) is 3.00. The van der Waals surface area contributed by atoms with Crippen LogP contribution in [0.2, 0.25) is 5.02 Å². The van der Waals surface area contributed by atoms with E-state index in [2.05, 4.69) is 53.1 Å². The zero-order valence-corrected chi connectivity index (χ0v) is 16.6. The molecule has 2 rings (SSSR count). The molecule has 0 aliphatic heterocycles. The summed E-state index contributed by atoms with van der Waals surface area (Å²) in [5.74, 6) is -0.409. The molecule has 0 spiro atoms. The zero-order chi connectivity index (χ0) is 15.6. The summed E-state index contributed by atoms with van der Waals surface area (Å²) in [6, 6.07) is 9.11. The molecule has 6 heteroatoms. The van der Waals surface area contributed by atoms with Crippen LogP contribution in [0.5, 0.6) is 0 Å². The van der Waals surface area contributed by atoms with Crippen LogP contribution in [-0.4, -0.2) is 6.54 Å². The number of nitrogens with one attached hydrogen (secondary N) is 1. The Balaban J connectivity index is 2.56. The molecule has 112 valence electrons. The van der Waals surface area contributed by atoms with Crippen molar-refractivity contribution < 1.29 is 4.39 Å². The molecule has 0 aliphatic rings. The third kappa shape index (κ3) is 4.08. The molecule has 1 N–H and O–H groups in total. The fourth-order valence-electron chi connectivity index (χ4n) is 2.12. The fourth-order valence-corrected chi connectivity index (χ4v) is 3.92. The highest BCUT2D eigenvalue weighted by molar-refractivity contribution is 9.11. The van der Waals surface area contributed by atoms with Crippen molar-refractivity contribution in [3.8, 4) is 0 Å². The van der Waals surface area contributed by atoms with Gasteiger partial charge in [-0.3, -0.25) is 0 Å². The van der Waals surface area contributed by atoms with Crippen LogP contribution in [0.4, 0.5) is 4.39 Å². The summed E-state index contributed by atoms with van der Waals surface area (Å²) in [4.78, 5) is 0. The highest BCUT2D eigenvalue weighted by Gasteiger charge is 2.20. The number of hydrogen-bond donors (Lipinski definition) is 1. The molecular weight excluding hydrogens is 488 g/mol. The molecule has 1 atom stereocenters. The lowest BCUT2D eigenvalue weighted by Crippen LogP contribution is -2.23. The van der Waals surface area contributed by atoms with Crippen LogP contribution in [0.1, 0.15) is 24.1 Å². The Labute approximate surface area is 153 Å². The van der Waals surface area contributed by atoms with Crippen LogP contribution in [0.3, 0.4) is 0 Å². The van der Waals surface area contributed by atoms with Crippen molar-refractivity contribution >= 4 is 59.4 Å².